The molecule has 292 valence electrons. The van der Waals surface area contributed by atoms with Gasteiger partial charge in [0.05, 0.1) is 28.7 Å². The average Bonchev–Trinajstić information content (AvgIpc) is 3.61. The Labute approximate surface area is 324 Å². The number of fused-ring (bicyclic) bond motifs is 1. The van der Waals surface area contributed by atoms with Crippen molar-refractivity contribution in [2.45, 2.75) is 57.5 Å². The van der Waals surface area contributed by atoms with E-state index >= 15 is 0 Å². The van der Waals surface area contributed by atoms with Crippen molar-refractivity contribution in [3.63, 3.8) is 0 Å². The van der Waals surface area contributed by atoms with Crippen LogP contribution < -0.4 is 21.3 Å². The number of benzene rings is 2. The van der Waals surface area contributed by atoms with Crippen molar-refractivity contribution >= 4 is 41.0 Å². The number of oxazole rings is 1. The molecular weight excluding hydrogens is 740 g/mol. The number of aryl methyl sites for hydroxylation is 1. The Hall–Kier alpha value is -6.62. The van der Waals surface area contributed by atoms with Crippen LogP contribution in [0.15, 0.2) is 77.7 Å². The minimum Gasteiger partial charge on any atom is -0.444 e. The molecule has 3 aromatic heterocycles. The Morgan fingerprint density at radius 3 is 2.61 bits per heavy atom. The highest BCUT2D eigenvalue weighted by atomic mass is 19.3. The van der Waals surface area contributed by atoms with Crippen molar-refractivity contribution in [2.24, 2.45) is 5.92 Å². The van der Waals surface area contributed by atoms with E-state index in [4.69, 9.17) is 4.42 Å². The van der Waals surface area contributed by atoms with E-state index in [0.29, 0.717) is 54.5 Å². The van der Waals surface area contributed by atoms with E-state index in [1.165, 1.54) is 23.7 Å². The molecule has 0 radical (unpaired) electrons. The van der Waals surface area contributed by atoms with Gasteiger partial charge in [-0.2, -0.15) is 5.10 Å². The summed E-state index contributed by atoms with van der Waals surface area (Å²) in [5.74, 6) is -1.39. The summed E-state index contributed by atoms with van der Waals surface area (Å²) in [6, 6.07) is 14.6. The Kier molecular flexibility index (Phi) is 10.4. The standard InChI is InChI=1S/C40H37F2N9O6/c41-35(42)34-28(46-36(53)29-21-57-38(47-29)25-14-16-44-31(17-25)45-19-23-6-7-23)20-50(49-34)26-10-8-22(9-11-26)18-43-15-2-4-24-3-1-5-27-33(24)40(56)51(39(27)55)30-12-13-32(52)48-37(30)54/h1,3,5,8-11,14,16-17,20-21,23,30,35,43H,2,4,6-7,12-13,15,18-19H2,(H,44,45)(H,46,53)(H,48,52,54). The predicted molar refractivity (Wildman–Crippen MR) is 201 cm³/mol. The molecule has 5 heterocycles. The summed E-state index contributed by atoms with van der Waals surface area (Å²) in [5.41, 5.74) is 2.40. The highest BCUT2D eigenvalue weighted by Crippen LogP contribution is 2.32. The van der Waals surface area contributed by atoms with Gasteiger partial charge in [-0.25, -0.2) is 23.4 Å². The third kappa shape index (κ3) is 8.05. The predicted octanol–water partition coefficient (Wildman–Crippen LogP) is 5.06. The number of alkyl halides is 2. The highest BCUT2D eigenvalue weighted by Gasteiger charge is 2.45. The number of imide groups is 2. The fraction of sp³-hybridized carbons (Fsp3) is 0.300. The van der Waals surface area contributed by atoms with Gasteiger partial charge in [0.15, 0.2) is 11.4 Å². The summed E-state index contributed by atoms with van der Waals surface area (Å²) >= 11 is 0. The van der Waals surface area contributed by atoms with Gasteiger partial charge in [0.25, 0.3) is 24.1 Å². The molecule has 0 bridgehead atoms. The molecule has 0 spiro atoms. The number of hydrogen-bond donors (Lipinski definition) is 4. The average molecular weight is 778 g/mol. The molecule has 1 aliphatic carbocycles. The van der Waals surface area contributed by atoms with Crippen LogP contribution >= 0.6 is 0 Å². The normalized spacial score (nSPS) is 16.6. The molecular formula is C40H37F2N9O6. The van der Waals surface area contributed by atoms with E-state index in [1.54, 1.807) is 48.7 Å². The minimum atomic E-state index is -2.96. The largest absolute Gasteiger partial charge is 0.444 e. The lowest BCUT2D eigenvalue weighted by atomic mass is 9.99. The van der Waals surface area contributed by atoms with Crippen LogP contribution in [0.1, 0.15) is 86.6 Å². The van der Waals surface area contributed by atoms with Crippen molar-refractivity contribution < 1.29 is 37.2 Å². The van der Waals surface area contributed by atoms with Crippen molar-refractivity contribution in [2.75, 3.05) is 23.7 Å². The maximum absolute atomic E-state index is 14.0. The lowest BCUT2D eigenvalue weighted by molar-refractivity contribution is -0.136. The van der Waals surface area contributed by atoms with E-state index in [0.717, 1.165) is 23.3 Å². The van der Waals surface area contributed by atoms with Crippen LogP contribution in [0.3, 0.4) is 0 Å². The fourth-order valence-electron chi connectivity index (χ4n) is 6.90. The van der Waals surface area contributed by atoms with Gasteiger partial charge in [0.2, 0.25) is 17.7 Å². The number of anilines is 2. The van der Waals surface area contributed by atoms with Crippen molar-refractivity contribution in [3.05, 3.63) is 107 Å². The van der Waals surface area contributed by atoms with Crippen LogP contribution in [0, 0.1) is 5.92 Å². The minimum absolute atomic E-state index is 0.0505. The third-order valence-electron chi connectivity index (χ3n) is 10.1. The number of hydrogen-bond acceptors (Lipinski definition) is 11. The van der Waals surface area contributed by atoms with E-state index in [1.807, 2.05) is 12.1 Å². The molecule has 4 N–H and O–H groups in total. The van der Waals surface area contributed by atoms with Crippen molar-refractivity contribution in [1.82, 2.24) is 35.3 Å². The molecule has 2 aromatic carbocycles. The number of halogens is 2. The van der Waals surface area contributed by atoms with Crippen LogP contribution in [0.25, 0.3) is 17.1 Å². The van der Waals surface area contributed by atoms with Gasteiger partial charge in [-0.3, -0.25) is 34.2 Å². The number of amides is 5. The van der Waals surface area contributed by atoms with Crippen LogP contribution in [-0.4, -0.2) is 73.3 Å². The van der Waals surface area contributed by atoms with Gasteiger partial charge < -0.3 is 20.4 Å². The number of piperidine rings is 1. The second-order valence-electron chi connectivity index (χ2n) is 14.2. The Balaban J connectivity index is 0.845. The van der Waals surface area contributed by atoms with Crippen LogP contribution in [0.5, 0.6) is 0 Å². The number of nitrogens with one attached hydrogen (secondary N) is 4. The molecule has 8 rings (SSSR count). The summed E-state index contributed by atoms with van der Waals surface area (Å²) in [7, 11) is 0. The number of aromatic nitrogens is 4. The topological polar surface area (TPSA) is 193 Å². The first-order valence-corrected chi connectivity index (χ1v) is 18.6. The number of rotatable bonds is 15. The SMILES string of the molecule is O=C1CCC(N2C(=O)c3cccc(CCCNCc4ccc(-n5cc(NC(=O)c6coc(-c7ccnc(NCC8CC8)c7)n6)c(C(F)F)n5)cc4)c3C2=O)C(=O)N1. The molecule has 3 aliphatic rings. The molecule has 1 unspecified atom stereocenters. The van der Waals surface area contributed by atoms with E-state index in [-0.39, 0.29) is 41.2 Å². The monoisotopic (exact) mass is 777 g/mol. The second kappa shape index (κ2) is 15.9. The Morgan fingerprint density at radius 1 is 1.02 bits per heavy atom. The molecule has 5 aromatic rings. The molecule has 5 amide bonds. The molecule has 1 saturated heterocycles. The van der Waals surface area contributed by atoms with Crippen LogP contribution in [0.2, 0.25) is 0 Å². The van der Waals surface area contributed by atoms with Gasteiger partial charge in [-0.15, -0.1) is 0 Å². The first-order chi connectivity index (χ1) is 27.6. The molecule has 1 atom stereocenters. The summed E-state index contributed by atoms with van der Waals surface area (Å²) < 4.78 is 34.9. The Morgan fingerprint density at radius 2 is 1.84 bits per heavy atom. The molecule has 17 heteroatoms. The number of carbonyl (C=O) groups excluding carboxylic acids is 5. The maximum atomic E-state index is 14.0. The smallest absolute Gasteiger partial charge is 0.284 e. The molecule has 15 nitrogen and oxygen atoms in total. The quantitative estimate of drug-likeness (QED) is 0.0821. The molecule has 2 fully saturated rings. The van der Waals surface area contributed by atoms with Gasteiger partial charge in [0, 0.05) is 31.3 Å². The maximum Gasteiger partial charge on any atom is 0.284 e. The van der Waals surface area contributed by atoms with Gasteiger partial charge in [-0.05, 0) is 86.0 Å². The molecule has 1 saturated carbocycles. The number of carbonyl (C=O) groups is 5. The number of pyridine rings is 1. The van der Waals surface area contributed by atoms with Crippen LogP contribution in [0.4, 0.5) is 20.3 Å². The highest BCUT2D eigenvalue weighted by molar-refractivity contribution is 6.24. The lowest BCUT2D eigenvalue weighted by Gasteiger charge is -2.27. The zero-order valence-electron chi connectivity index (χ0n) is 30.5. The zero-order chi connectivity index (χ0) is 39.6. The molecule has 57 heavy (non-hydrogen) atoms. The van der Waals surface area contributed by atoms with Gasteiger partial charge in [-0.1, -0.05) is 24.3 Å². The summed E-state index contributed by atoms with van der Waals surface area (Å²) in [6.45, 7) is 1.90. The van der Waals surface area contributed by atoms with Crippen LogP contribution in [-0.2, 0) is 22.6 Å². The van der Waals surface area contributed by atoms with E-state index in [2.05, 4.69) is 36.3 Å². The third-order valence-corrected chi connectivity index (χ3v) is 10.1. The lowest BCUT2D eigenvalue weighted by Crippen LogP contribution is -2.54. The Bertz CT molecular complexity index is 2370. The van der Waals surface area contributed by atoms with E-state index in [9.17, 15) is 32.8 Å². The van der Waals surface area contributed by atoms with E-state index < -0.39 is 47.7 Å². The summed E-state index contributed by atoms with van der Waals surface area (Å²) in [4.78, 5) is 73.1. The first kappa shape index (κ1) is 37.3. The molecule has 2 aliphatic heterocycles. The zero-order valence-corrected chi connectivity index (χ0v) is 30.5. The van der Waals surface area contributed by atoms with Crippen molar-refractivity contribution in [1.29, 1.82) is 0 Å². The number of nitrogens with zero attached hydrogens (tertiary/aromatic N) is 5. The van der Waals surface area contributed by atoms with Gasteiger partial charge >= 0.3 is 0 Å². The van der Waals surface area contributed by atoms with Crippen molar-refractivity contribution in [3.8, 4) is 17.1 Å². The fourth-order valence-corrected chi connectivity index (χ4v) is 6.90. The summed E-state index contributed by atoms with van der Waals surface area (Å²) in [6.07, 6.45) is 4.80. The summed E-state index contributed by atoms with van der Waals surface area (Å²) in [5, 5.41) is 15.4. The first-order valence-electron chi connectivity index (χ1n) is 18.6. The van der Waals surface area contributed by atoms with Gasteiger partial charge in [0.1, 0.15) is 18.1 Å². The second-order valence-corrected chi connectivity index (χ2v) is 14.2.